The van der Waals surface area contributed by atoms with E-state index in [9.17, 15) is 18.0 Å². The van der Waals surface area contributed by atoms with E-state index < -0.39 is 17.6 Å². The van der Waals surface area contributed by atoms with E-state index in [1.54, 1.807) is 13.8 Å². The normalized spacial score (nSPS) is 11.7. The smallest absolute Gasteiger partial charge is 0.326 e. The first kappa shape index (κ1) is 14.5. The van der Waals surface area contributed by atoms with E-state index in [1.807, 2.05) is 0 Å². The molecular formula is C12H15F3N2O. The zero-order chi connectivity index (χ0) is 13.9. The van der Waals surface area contributed by atoms with E-state index in [4.69, 9.17) is 5.73 Å². The molecule has 0 aliphatic rings. The van der Waals surface area contributed by atoms with Gasteiger partial charge in [-0.05, 0) is 17.7 Å². The van der Waals surface area contributed by atoms with Crippen LogP contribution in [0.25, 0.3) is 0 Å². The number of amides is 1. The number of rotatable bonds is 3. The van der Waals surface area contributed by atoms with Gasteiger partial charge in [0.1, 0.15) is 0 Å². The molecule has 0 unspecified atom stereocenters. The monoisotopic (exact) mass is 260 g/mol. The molecule has 1 rings (SSSR count). The summed E-state index contributed by atoms with van der Waals surface area (Å²) < 4.78 is 38.5. The SMILES string of the molecule is CC(C)C(=O)Nc1ccc(CN)cc1C(F)(F)F. The topological polar surface area (TPSA) is 55.1 Å². The zero-order valence-electron chi connectivity index (χ0n) is 10.1. The minimum absolute atomic E-state index is 0.0154. The fourth-order valence-corrected chi connectivity index (χ4v) is 1.34. The van der Waals surface area contributed by atoms with E-state index in [-0.39, 0.29) is 18.2 Å². The maximum Gasteiger partial charge on any atom is 0.418 e. The molecule has 0 heterocycles. The maximum absolute atomic E-state index is 12.8. The van der Waals surface area contributed by atoms with Crippen molar-refractivity contribution in [2.45, 2.75) is 26.6 Å². The van der Waals surface area contributed by atoms with Gasteiger partial charge in [-0.2, -0.15) is 13.2 Å². The third kappa shape index (κ3) is 3.46. The molecule has 0 spiro atoms. The highest BCUT2D eigenvalue weighted by atomic mass is 19.4. The second kappa shape index (κ2) is 5.39. The zero-order valence-corrected chi connectivity index (χ0v) is 10.1. The summed E-state index contributed by atoms with van der Waals surface area (Å²) in [5.41, 5.74) is 4.56. The van der Waals surface area contributed by atoms with E-state index in [1.165, 1.54) is 12.1 Å². The Hall–Kier alpha value is -1.56. The molecule has 6 heteroatoms. The van der Waals surface area contributed by atoms with Crippen molar-refractivity contribution in [3.05, 3.63) is 29.3 Å². The van der Waals surface area contributed by atoms with Crippen molar-refractivity contribution >= 4 is 11.6 Å². The number of benzene rings is 1. The van der Waals surface area contributed by atoms with Crippen LogP contribution in [0.2, 0.25) is 0 Å². The van der Waals surface area contributed by atoms with Gasteiger partial charge < -0.3 is 11.1 Å². The summed E-state index contributed by atoms with van der Waals surface area (Å²) in [5.74, 6) is -0.846. The lowest BCUT2D eigenvalue weighted by molar-refractivity contribution is -0.137. The first-order valence-electron chi connectivity index (χ1n) is 5.46. The average Bonchev–Trinajstić information content (AvgIpc) is 2.27. The lowest BCUT2D eigenvalue weighted by atomic mass is 10.1. The molecule has 0 aliphatic heterocycles. The van der Waals surface area contributed by atoms with Crippen LogP contribution in [-0.2, 0) is 17.5 Å². The number of hydrogen-bond acceptors (Lipinski definition) is 2. The molecule has 18 heavy (non-hydrogen) atoms. The van der Waals surface area contributed by atoms with Gasteiger partial charge in [0.25, 0.3) is 0 Å². The predicted molar refractivity (Wildman–Crippen MR) is 62.8 cm³/mol. The minimum atomic E-state index is -4.52. The molecule has 1 amide bonds. The van der Waals surface area contributed by atoms with Gasteiger partial charge in [-0.15, -0.1) is 0 Å². The first-order valence-corrected chi connectivity index (χ1v) is 5.46. The Morgan fingerprint density at radius 1 is 1.39 bits per heavy atom. The van der Waals surface area contributed by atoms with E-state index in [0.29, 0.717) is 5.56 Å². The highest BCUT2D eigenvalue weighted by Crippen LogP contribution is 2.35. The molecule has 0 bridgehead atoms. The number of nitrogens with two attached hydrogens (primary N) is 1. The minimum Gasteiger partial charge on any atom is -0.326 e. The van der Waals surface area contributed by atoms with Gasteiger partial charge in [-0.1, -0.05) is 19.9 Å². The lowest BCUT2D eigenvalue weighted by Gasteiger charge is -2.16. The quantitative estimate of drug-likeness (QED) is 0.878. The summed E-state index contributed by atoms with van der Waals surface area (Å²) in [6, 6.07) is 3.65. The van der Waals surface area contributed by atoms with Gasteiger partial charge in [0.15, 0.2) is 0 Å². The third-order valence-corrected chi connectivity index (χ3v) is 2.41. The van der Waals surface area contributed by atoms with Crippen LogP contribution in [0.3, 0.4) is 0 Å². The molecule has 100 valence electrons. The van der Waals surface area contributed by atoms with Crippen LogP contribution < -0.4 is 11.1 Å². The molecule has 3 N–H and O–H groups in total. The van der Waals surface area contributed by atoms with Gasteiger partial charge in [-0.25, -0.2) is 0 Å². The largest absolute Gasteiger partial charge is 0.418 e. The van der Waals surface area contributed by atoms with E-state index in [2.05, 4.69) is 5.32 Å². The van der Waals surface area contributed by atoms with Gasteiger partial charge >= 0.3 is 6.18 Å². The number of nitrogens with one attached hydrogen (secondary N) is 1. The molecule has 1 aromatic rings. The van der Waals surface area contributed by atoms with Crippen LogP contribution in [0.5, 0.6) is 0 Å². The molecule has 0 saturated carbocycles. The fraction of sp³-hybridized carbons (Fsp3) is 0.417. The number of halogens is 3. The Balaban J connectivity index is 3.15. The fourth-order valence-electron chi connectivity index (χ4n) is 1.34. The van der Waals surface area contributed by atoms with Crippen LogP contribution in [0.1, 0.15) is 25.0 Å². The van der Waals surface area contributed by atoms with Gasteiger partial charge in [0, 0.05) is 12.5 Å². The van der Waals surface area contributed by atoms with Gasteiger partial charge in [0.2, 0.25) is 5.91 Å². The summed E-state index contributed by atoms with van der Waals surface area (Å²) in [7, 11) is 0. The van der Waals surface area contributed by atoms with Crippen molar-refractivity contribution in [3.63, 3.8) is 0 Å². The Morgan fingerprint density at radius 2 is 2.00 bits per heavy atom. The highest BCUT2D eigenvalue weighted by Gasteiger charge is 2.34. The number of anilines is 1. The molecule has 0 atom stereocenters. The van der Waals surface area contributed by atoms with Crippen molar-refractivity contribution in [2.75, 3.05) is 5.32 Å². The molecular weight excluding hydrogens is 245 g/mol. The standard InChI is InChI=1S/C12H15F3N2O/c1-7(2)11(18)17-10-4-3-8(6-16)5-9(10)12(13,14)15/h3-5,7H,6,16H2,1-2H3,(H,17,18). The molecule has 0 aromatic heterocycles. The van der Waals surface area contributed by atoms with E-state index in [0.717, 1.165) is 6.07 Å². The molecule has 0 aliphatic carbocycles. The second-order valence-electron chi connectivity index (χ2n) is 4.23. The maximum atomic E-state index is 12.8. The van der Waals surface area contributed by atoms with Crippen molar-refractivity contribution in [2.24, 2.45) is 11.7 Å². The molecule has 0 radical (unpaired) electrons. The molecule has 1 aromatic carbocycles. The van der Waals surface area contributed by atoms with Crippen LogP contribution >= 0.6 is 0 Å². The summed E-state index contributed by atoms with van der Waals surface area (Å²) >= 11 is 0. The van der Waals surface area contributed by atoms with Crippen molar-refractivity contribution in [1.29, 1.82) is 0 Å². The van der Waals surface area contributed by atoms with Gasteiger partial charge in [0.05, 0.1) is 11.3 Å². The summed E-state index contributed by atoms with van der Waals surface area (Å²) in [4.78, 5) is 11.4. The molecule has 0 saturated heterocycles. The lowest BCUT2D eigenvalue weighted by Crippen LogP contribution is -2.21. The number of carbonyl (C=O) groups is 1. The Morgan fingerprint density at radius 3 is 2.44 bits per heavy atom. The van der Waals surface area contributed by atoms with Crippen LogP contribution in [0, 0.1) is 5.92 Å². The van der Waals surface area contributed by atoms with Crippen LogP contribution in [-0.4, -0.2) is 5.91 Å². The van der Waals surface area contributed by atoms with Crippen LogP contribution in [0.4, 0.5) is 18.9 Å². The summed E-state index contributed by atoms with van der Waals surface area (Å²) in [5, 5.41) is 2.27. The van der Waals surface area contributed by atoms with Gasteiger partial charge in [-0.3, -0.25) is 4.79 Å². The van der Waals surface area contributed by atoms with Crippen molar-refractivity contribution in [1.82, 2.24) is 0 Å². The number of alkyl halides is 3. The third-order valence-electron chi connectivity index (χ3n) is 2.41. The number of hydrogen-bond donors (Lipinski definition) is 2. The highest BCUT2D eigenvalue weighted by molar-refractivity contribution is 5.92. The Bertz CT molecular complexity index is 441. The van der Waals surface area contributed by atoms with Crippen LogP contribution in [0.15, 0.2) is 18.2 Å². The Kier molecular flexibility index (Phi) is 4.34. The average molecular weight is 260 g/mol. The van der Waals surface area contributed by atoms with Crippen molar-refractivity contribution in [3.8, 4) is 0 Å². The summed E-state index contributed by atoms with van der Waals surface area (Å²) in [6.07, 6.45) is -4.52. The second-order valence-corrected chi connectivity index (χ2v) is 4.23. The van der Waals surface area contributed by atoms with E-state index >= 15 is 0 Å². The summed E-state index contributed by atoms with van der Waals surface area (Å²) in [6.45, 7) is 3.23. The van der Waals surface area contributed by atoms with Crippen molar-refractivity contribution < 1.29 is 18.0 Å². The molecule has 0 fully saturated rings. The predicted octanol–water partition coefficient (Wildman–Crippen LogP) is 2.76. The first-order chi connectivity index (χ1) is 8.25. The molecule has 3 nitrogen and oxygen atoms in total. The Labute approximate surface area is 103 Å². The number of carbonyl (C=O) groups excluding carboxylic acids is 1.